The molecule has 0 bridgehead atoms. The maximum absolute atomic E-state index is 12.4. The Morgan fingerprint density at radius 3 is 2.54 bits per heavy atom. The number of pyridine rings is 1. The summed E-state index contributed by atoms with van der Waals surface area (Å²) in [7, 11) is 1.40. The third-order valence-electron chi connectivity index (χ3n) is 4.68. The van der Waals surface area contributed by atoms with E-state index in [-0.39, 0.29) is 11.9 Å². The Labute approximate surface area is 154 Å². The number of anilines is 1. The maximum atomic E-state index is 12.4. The molecule has 0 atom stereocenters. The number of imidazole rings is 1. The quantitative estimate of drug-likeness (QED) is 0.715. The molecule has 7 heteroatoms. The molecule has 1 aromatic carbocycles. The van der Waals surface area contributed by atoms with Crippen LogP contribution in [0.5, 0.6) is 0 Å². The van der Waals surface area contributed by atoms with Crippen molar-refractivity contribution < 1.29 is 14.3 Å². The molecular weight excluding hydrogens is 354 g/mol. The standard InChI is InChI=1S/C19H16ClN3O3/c1-26-18(25)19(8-9-19)13-4-2-12(3-5-13)17(24)22-15-11-23-10-14(20)6-7-16(23)21-15/h2-7,10-11H,8-9H2,1H3,(H,22,24). The number of carbonyl (C=O) groups is 2. The molecule has 1 N–H and O–H groups in total. The Hall–Kier alpha value is -2.86. The zero-order valence-corrected chi connectivity index (χ0v) is 14.8. The van der Waals surface area contributed by atoms with Gasteiger partial charge >= 0.3 is 5.97 Å². The summed E-state index contributed by atoms with van der Waals surface area (Å²) in [5, 5.41) is 3.36. The van der Waals surface area contributed by atoms with Gasteiger partial charge < -0.3 is 14.5 Å². The summed E-state index contributed by atoms with van der Waals surface area (Å²) in [6.07, 6.45) is 4.96. The van der Waals surface area contributed by atoms with Crippen LogP contribution < -0.4 is 5.32 Å². The molecule has 3 aromatic rings. The summed E-state index contributed by atoms with van der Waals surface area (Å²) in [5.41, 5.74) is 1.52. The van der Waals surface area contributed by atoms with E-state index in [1.54, 1.807) is 41.1 Å². The predicted octanol–water partition coefficient (Wildman–Crippen LogP) is 3.44. The van der Waals surface area contributed by atoms with Crippen LogP contribution in [0.3, 0.4) is 0 Å². The first-order valence-electron chi connectivity index (χ1n) is 8.16. The first kappa shape index (κ1) is 16.6. The van der Waals surface area contributed by atoms with Crippen molar-refractivity contribution in [2.45, 2.75) is 18.3 Å². The normalized spacial score (nSPS) is 14.8. The van der Waals surface area contributed by atoms with Crippen LogP contribution in [0, 0.1) is 0 Å². The van der Waals surface area contributed by atoms with E-state index in [4.69, 9.17) is 16.3 Å². The molecule has 26 heavy (non-hydrogen) atoms. The second kappa shape index (κ2) is 6.14. The summed E-state index contributed by atoms with van der Waals surface area (Å²) < 4.78 is 6.63. The average molecular weight is 370 g/mol. The lowest BCUT2D eigenvalue weighted by atomic mass is 9.95. The summed E-state index contributed by atoms with van der Waals surface area (Å²) in [5.74, 6) is -0.0541. The first-order valence-corrected chi connectivity index (χ1v) is 8.54. The number of esters is 1. The van der Waals surface area contributed by atoms with Gasteiger partial charge in [-0.3, -0.25) is 9.59 Å². The number of aromatic nitrogens is 2. The van der Waals surface area contributed by atoms with Crippen molar-refractivity contribution >= 4 is 34.9 Å². The van der Waals surface area contributed by atoms with Crippen LogP contribution in [0.15, 0.2) is 48.8 Å². The highest BCUT2D eigenvalue weighted by Gasteiger charge is 2.52. The van der Waals surface area contributed by atoms with E-state index in [2.05, 4.69) is 10.3 Å². The zero-order chi connectivity index (χ0) is 18.3. The molecule has 0 unspecified atom stereocenters. The van der Waals surface area contributed by atoms with Crippen molar-refractivity contribution in [3.63, 3.8) is 0 Å². The lowest BCUT2D eigenvalue weighted by Gasteiger charge is -2.13. The monoisotopic (exact) mass is 369 g/mol. The van der Waals surface area contributed by atoms with E-state index in [1.165, 1.54) is 7.11 Å². The Kier molecular flexibility index (Phi) is 3.92. The lowest BCUT2D eigenvalue weighted by Crippen LogP contribution is -2.22. The number of hydrogen-bond acceptors (Lipinski definition) is 4. The molecule has 1 saturated carbocycles. The van der Waals surface area contributed by atoms with Crippen molar-refractivity contribution in [3.05, 3.63) is 64.9 Å². The number of rotatable bonds is 4. The average Bonchev–Trinajstić information content (AvgIpc) is 3.36. The van der Waals surface area contributed by atoms with Crippen LogP contribution in [0.25, 0.3) is 5.65 Å². The minimum Gasteiger partial charge on any atom is -0.468 e. The van der Waals surface area contributed by atoms with Crippen molar-refractivity contribution in [1.82, 2.24) is 9.38 Å². The zero-order valence-electron chi connectivity index (χ0n) is 14.0. The highest BCUT2D eigenvalue weighted by Crippen LogP contribution is 2.49. The number of fused-ring (bicyclic) bond motifs is 1. The highest BCUT2D eigenvalue weighted by atomic mass is 35.5. The van der Waals surface area contributed by atoms with E-state index in [0.717, 1.165) is 18.4 Å². The molecule has 0 saturated heterocycles. The molecule has 2 aromatic heterocycles. The molecule has 4 rings (SSSR count). The fraction of sp³-hybridized carbons (Fsp3) is 0.211. The van der Waals surface area contributed by atoms with E-state index in [9.17, 15) is 9.59 Å². The fourth-order valence-electron chi connectivity index (χ4n) is 3.09. The van der Waals surface area contributed by atoms with Crippen molar-refractivity contribution in [1.29, 1.82) is 0 Å². The third kappa shape index (κ3) is 2.82. The van der Waals surface area contributed by atoms with E-state index >= 15 is 0 Å². The van der Waals surface area contributed by atoms with Gasteiger partial charge in [0.2, 0.25) is 0 Å². The summed E-state index contributed by atoms with van der Waals surface area (Å²) in [6, 6.07) is 10.5. The summed E-state index contributed by atoms with van der Waals surface area (Å²) >= 11 is 5.95. The Balaban J connectivity index is 1.52. The summed E-state index contributed by atoms with van der Waals surface area (Å²) in [6.45, 7) is 0. The smallest absolute Gasteiger partial charge is 0.316 e. The fourth-order valence-corrected chi connectivity index (χ4v) is 3.25. The first-order chi connectivity index (χ1) is 12.5. The molecule has 0 spiro atoms. The van der Waals surface area contributed by atoms with E-state index in [1.807, 2.05) is 12.1 Å². The van der Waals surface area contributed by atoms with Gasteiger partial charge in [0.1, 0.15) is 5.65 Å². The third-order valence-corrected chi connectivity index (χ3v) is 4.91. The lowest BCUT2D eigenvalue weighted by molar-refractivity contribution is -0.143. The van der Waals surface area contributed by atoms with Gasteiger partial charge in [0.15, 0.2) is 5.82 Å². The number of ether oxygens (including phenoxy) is 1. The van der Waals surface area contributed by atoms with Crippen LogP contribution >= 0.6 is 11.6 Å². The minimum absolute atomic E-state index is 0.224. The number of nitrogens with zero attached hydrogens (tertiary/aromatic N) is 2. The topological polar surface area (TPSA) is 72.7 Å². The molecule has 1 aliphatic rings. The molecule has 6 nitrogen and oxygen atoms in total. The number of nitrogens with one attached hydrogen (secondary N) is 1. The van der Waals surface area contributed by atoms with Gasteiger partial charge in [0.05, 0.1) is 23.7 Å². The number of halogens is 1. The molecule has 0 aliphatic heterocycles. The van der Waals surface area contributed by atoms with Crippen LogP contribution in [0.4, 0.5) is 5.82 Å². The van der Waals surface area contributed by atoms with Gasteiger partial charge in [-0.05, 0) is 42.7 Å². The van der Waals surface area contributed by atoms with Crippen molar-refractivity contribution in [2.75, 3.05) is 12.4 Å². The van der Waals surface area contributed by atoms with Gasteiger partial charge in [-0.15, -0.1) is 0 Å². The van der Waals surface area contributed by atoms with Gasteiger partial charge in [-0.1, -0.05) is 23.7 Å². The van der Waals surface area contributed by atoms with Crippen molar-refractivity contribution in [2.24, 2.45) is 0 Å². The number of carbonyl (C=O) groups excluding carboxylic acids is 2. The van der Waals surface area contributed by atoms with Gasteiger partial charge in [0.25, 0.3) is 5.91 Å². The molecule has 0 radical (unpaired) electrons. The maximum Gasteiger partial charge on any atom is 0.316 e. The van der Waals surface area contributed by atoms with Crippen LogP contribution in [0.1, 0.15) is 28.8 Å². The van der Waals surface area contributed by atoms with Crippen LogP contribution in [0.2, 0.25) is 5.02 Å². The predicted molar refractivity (Wildman–Crippen MR) is 97.5 cm³/mol. The van der Waals surface area contributed by atoms with Gasteiger partial charge in [0, 0.05) is 11.8 Å². The van der Waals surface area contributed by atoms with Crippen LogP contribution in [-0.4, -0.2) is 28.4 Å². The molecule has 1 amide bonds. The second-order valence-corrected chi connectivity index (χ2v) is 6.78. The Bertz CT molecular complexity index is 1010. The molecule has 2 heterocycles. The number of amides is 1. The van der Waals surface area contributed by atoms with E-state index in [0.29, 0.717) is 22.1 Å². The largest absolute Gasteiger partial charge is 0.468 e. The number of methoxy groups -OCH3 is 1. The summed E-state index contributed by atoms with van der Waals surface area (Å²) in [4.78, 5) is 28.7. The minimum atomic E-state index is -0.537. The molecule has 132 valence electrons. The molecule has 1 aliphatic carbocycles. The number of hydrogen-bond donors (Lipinski definition) is 1. The number of benzene rings is 1. The molecule has 1 fully saturated rings. The Morgan fingerprint density at radius 1 is 1.15 bits per heavy atom. The second-order valence-electron chi connectivity index (χ2n) is 6.34. The van der Waals surface area contributed by atoms with Gasteiger partial charge in [-0.2, -0.15) is 0 Å². The van der Waals surface area contributed by atoms with Crippen molar-refractivity contribution in [3.8, 4) is 0 Å². The van der Waals surface area contributed by atoms with E-state index < -0.39 is 5.41 Å². The molecular formula is C19H16ClN3O3. The van der Waals surface area contributed by atoms with Crippen LogP contribution in [-0.2, 0) is 14.9 Å². The SMILES string of the molecule is COC(=O)C1(c2ccc(C(=O)Nc3cn4cc(Cl)ccc4n3)cc2)CC1. The Morgan fingerprint density at radius 2 is 1.88 bits per heavy atom. The van der Waals surface area contributed by atoms with Gasteiger partial charge in [-0.25, -0.2) is 4.98 Å². The highest BCUT2D eigenvalue weighted by molar-refractivity contribution is 6.30.